The van der Waals surface area contributed by atoms with Crippen LogP contribution < -0.4 is 4.90 Å². The highest BCUT2D eigenvalue weighted by Crippen LogP contribution is 2.27. The summed E-state index contributed by atoms with van der Waals surface area (Å²) in [4.78, 5) is 2.43. The molecule has 1 N–H and O–H groups in total. The number of hydrogen-bond acceptors (Lipinski definition) is 3. The second-order valence-electron chi connectivity index (χ2n) is 7.67. The Kier molecular flexibility index (Phi) is 5.74. The van der Waals surface area contributed by atoms with E-state index in [1.807, 2.05) is 6.20 Å². The van der Waals surface area contributed by atoms with E-state index in [-0.39, 0.29) is 0 Å². The molecule has 0 bridgehead atoms. The molecular weight excluding hydrogens is 328 g/mol. The second-order valence-corrected chi connectivity index (χ2v) is 10.6. The molecule has 0 unspecified atom stereocenters. The minimum atomic E-state index is -0.916. The van der Waals surface area contributed by atoms with Crippen molar-refractivity contribution in [3.8, 4) is 0 Å². The van der Waals surface area contributed by atoms with Gasteiger partial charge in [0.05, 0.1) is 11.7 Å². The largest absolute Gasteiger partial charge is 0.371 e. The molecule has 0 spiro atoms. The smallest absolute Gasteiger partial charge is 0.0670 e. The average molecular weight is 361 g/mol. The van der Waals surface area contributed by atoms with Crippen LogP contribution in [0, 0.1) is 5.92 Å². The Balaban J connectivity index is 0.000000151. The van der Waals surface area contributed by atoms with Crippen molar-refractivity contribution in [1.82, 2.24) is 14.5 Å². The number of benzene rings is 1. The fraction of sp³-hybridized carbons (Fsp3) is 0.550. The lowest BCUT2D eigenvalue weighted by molar-refractivity contribution is 0.308. The summed E-state index contributed by atoms with van der Waals surface area (Å²) in [5.41, 5.74) is 2.45. The third kappa shape index (κ3) is 4.79. The van der Waals surface area contributed by atoms with Crippen LogP contribution in [0.25, 0.3) is 10.9 Å². The standard InChI is InChI=1S/C11H13N3.C9H19NS/c1-2-6-14(5-1)10-4-3-9-8-12-13-11(9)7-10;1-9-5-7-10(8-6-9)11(2,3)4/h3-4,7-8H,1-2,5-6H2,(H,12,13);9H,2-3,5-8H2,1,4H3. The van der Waals surface area contributed by atoms with Crippen molar-refractivity contribution in [2.45, 2.75) is 32.6 Å². The molecule has 2 aliphatic rings. The maximum absolute atomic E-state index is 4.12. The van der Waals surface area contributed by atoms with E-state index >= 15 is 0 Å². The third-order valence-electron chi connectivity index (χ3n) is 5.26. The molecule has 4 nitrogen and oxygen atoms in total. The van der Waals surface area contributed by atoms with Gasteiger partial charge in [0.25, 0.3) is 0 Å². The number of H-pyrrole nitrogens is 1. The van der Waals surface area contributed by atoms with Crippen molar-refractivity contribution >= 4 is 37.7 Å². The Morgan fingerprint density at radius 2 is 1.80 bits per heavy atom. The number of hydrogen-bond donors (Lipinski definition) is 1. The van der Waals surface area contributed by atoms with Gasteiger partial charge in [-0.2, -0.15) is 14.5 Å². The lowest BCUT2D eigenvalue weighted by atomic mass is 10.0. The van der Waals surface area contributed by atoms with Crippen molar-refractivity contribution in [2.75, 3.05) is 37.3 Å². The first-order chi connectivity index (χ1) is 11.9. The maximum Gasteiger partial charge on any atom is 0.0670 e. The Morgan fingerprint density at radius 1 is 1.12 bits per heavy atom. The third-order valence-corrected chi connectivity index (χ3v) is 6.87. The molecule has 0 saturated carbocycles. The summed E-state index contributed by atoms with van der Waals surface area (Å²) in [6.07, 6.45) is 9.33. The molecule has 2 fully saturated rings. The number of fused-ring (bicyclic) bond motifs is 1. The first kappa shape index (κ1) is 18.3. The molecular formula is C20H32N4S. The number of anilines is 1. The molecule has 2 aromatic rings. The summed E-state index contributed by atoms with van der Waals surface area (Å²) in [7, 11) is -0.916. The fourth-order valence-electron chi connectivity index (χ4n) is 3.52. The van der Waals surface area contributed by atoms with Gasteiger partial charge in [-0.3, -0.25) is 9.40 Å². The molecule has 0 aliphatic carbocycles. The van der Waals surface area contributed by atoms with E-state index in [4.69, 9.17) is 0 Å². The van der Waals surface area contributed by atoms with E-state index < -0.39 is 9.39 Å². The number of piperidine rings is 1. The molecule has 2 aliphatic heterocycles. The van der Waals surface area contributed by atoms with E-state index in [2.05, 4.69) is 62.5 Å². The first-order valence-corrected chi connectivity index (χ1v) is 11.6. The van der Waals surface area contributed by atoms with Crippen molar-refractivity contribution < 1.29 is 0 Å². The zero-order valence-corrected chi connectivity index (χ0v) is 16.5. The number of aromatic nitrogens is 2. The molecule has 0 radical (unpaired) electrons. The molecule has 5 heteroatoms. The van der Waals surface area contributed by atoms with Gasteiger partial charge in [-0.15, -0.1) is 0 Å². The molecule has 138 valence electrons. The molecule has 25 heavy (non-hydrogen) atoms. The van der Waals surface area contributed by atoms with Crippen LogP contribution in [0.3, 0.4) is 0 Å². The molecule has 0 atom stereocenters. The molecule has 1 aromatic heterocycles. The highest BCUT2D eigenvalue weighted by molar-refractivity contribution is 8.25. The van der Waals surface area contributed by atoms with E-state index in [9.17, 15) is 0 Å². The Hall–Kier alpha value is -1.46. The molecule has 1 aromatic carbocycles. The van der Waals surface area contributed by atoms with Crippen LogP contribution in [-0.2, 0) is 0 Å². The minimum Gasteiger partial charge on any atom is -0.371 e. The van der Waals surface area contributed by atoms with Gasteiger partial charge in [-0.1, -0.05) is 18.7 Å². The first-order valence-electron chi connectivity index (χ1n) is 9.31. The number of nitrogens with one attached hydrogen (secondary N) is 1. The predicted octanol–water partition coefficient (Wildman–Crippen LogP) is 4.09. The lowest BCUT2D eigenvalue weighted by Gasteiger charge is -2.34. The Labute approximate surface area is 152 Å². The van der Waals surface area contributed by atoms with Gasteiger partial charge in [-0.05, 0) is 56.1 Å². The number of nitrogens with zero attached hydrogens (tertiary/aromatic N) is 3. The van der Waals surface area contributed by atoms with Crippen LogP contribution in [0.15, 0.2) is 24.4 Å². The Morgan fingerprint density at radius 3 is 2.44 bits per heavy atom. The summed E-state index contributed by atoms with van der Waals surface area (Å²) in [6, 6.07) is 6.50. The highest BCUT2D eigenvalue weighted by Gasteiger charge is 2.16. The molecule has 3 heterocycles. The average Bonchev–Trinajstić information content (AvgIpc) is 3.26. The van der Waals surface area contributed by atoms with Crippen LogP contribution in [0.2, 0.25) is 0 Å². The topological polar surface area (TPSA) is 35.2 Å². The second kappa shape index (κ2) is 7.83. The van der Waals surface area contributed by atoms with Crippen LogP contribution in [0.5, 0.6) is 0 Å². The quantitative estimate of drug-likeness (QED) is 0.819. The zero-order valence-electron chi connectivity index (χ0n) is 15.7. The van der Waals surface area contributed by atoms with Crippen molar-refractivity contribution in [3.63, 3.8) is 0 Å². The summed E-state index contributed by atoms with van der Waals surface area (Å²) in [5, 5.41) is 8.22. The summed E-state index contributed by atoms with van der Waals surface area (Å²) >= 11 is 0. The van der Waals surface area contributed by atoms with Gasteiger partial charge in [0.1, 0.15) is 0 Å². The van der Waals surface area contributed by atoms with Crippen LogP contribution >= 0.6 is 9.39 Å². The minimum absolute atomic E-state index is 0.910. The van der Waals surface area contributed by atoms with E-state index in [1.165, 1.54) is 62.9 Å². The molecule has 4 rings (SSSR count). The highest BCUT2D eigenvalue weighted by atomic mass is 32.2. The summed E-state index contributed by atoms with van der Waals surface area (Å²) in [5.74, 6) is 9.14. The van der Waals surface area contributed by atoms with Gasteiger partial charge in [-0.25, -0.2) is 0 Å². The fourth-order valence-corrected chi connectivity index (χ4v) is 4.62. The van der Waals surface area contributed by atoms with Gasteiger partial charge in [0, 0.05) is 37.3 Å². The predicted molar refractivity (Wildman–Crippen MR) is 115 cm³/mol. The SMILES string of the molecule is C=S(=C)(C)N1CCC(C)CC1.c1cc2cn[nH]c2cc1N1CCCC1. The lowest BCUT2D eigenvalue weighted by Crippen LogP contribution is -2.29. The van der Waals surface area contributed by atoms with Gasteiger partial charge in [0.2, 0.25) is 0 Å². The maximum atomic E-state index is 4.12. The normalized spacial score (nSPS) is 19.8. The van der Waals surface area contributed by atoms with Gasteiger partial charge < -0.3 is 4.90 Å². The van der Waals surface area contributed by atoms with Gasteiger partial charge >= 0.3 is 0 Å². The van der Waals surface area contributed by atoms with Crippen molar-refractivity contribution in [2.24, 2.45) is 5.92 Å². The van der Waals surface area contributed by atoms with Crippen LogP contribution in [-0.4, -0.2) is 58.7 Å². The van der Waals surface area contributed by atoms with E-state index in [1.54, 1.807) is 0 Å². The summed E-state index contributed by atoms with van der Waals surface area (Å²) < 4.78 is 2.45. The van der Waals surface area contributed by atoms with Gasteiger partial charge in [0.15, 0.2) is 0 Å². The number of rotatable bonds is 2. The van der Waals surface area contributed by atoms with E-state index in [0.717, 1.165) is 11.4 Å². The Bertz CT molecular complexity index is 779. The molecule has 0 amide bonds. The van der Waals surface area contributed by atoms with Crippen LogP contribution in [0.4, 0.5) is 5.69 Å². The molecule has 2 saturated heterocycles. The monoisotopic (exact) mass is 360 g/mol. The van der Waals surface area contributed by atoms with E-state index in [0.29, 0.717) is 0 Å². The summed E-state index contributed by atoms with van der Waals surface area (Å²) in [6.45, 7) is 7.13. The number of aromatic amines is 1. The van der Waals surface area contributed by atoms with Crippen molar-refractivity contribution in [3.05, 3.63) is 24.4 Å². The zero-order chi connectivity index (χ0) is 17.9. The van der Waals surface area contributed by atoms with Crippen molar-refractivity contribution in [1.29, 1.82) is 0 Å². The van der Waals surface area contributed by atoms with Crippen LogP contribution in [0.1, 0.15) is 32.6 Å².